The van der Waals surface area contributed by atoms with Crippen LogP contribution in [-0.2, 0) is 19.0 Å². The number of benzene rings is 1. The fourth-order valence-corrected chi connectivity index (χ4v) is 3.57. The minimum Gasteiger partial charge on any atom is -0.444 e. The number of hydrogen-bond acceptors (Lipinski definition) is 5. The van der Waals surface area contributed by atoms with Crippen LogP contribution in [0, 0.1) is 12.8 Å². The van der Waals surface area contributed by atoms with E-state index in [0.717, 1.165) is 24.7 Å². The molecule has 1 saturated carbocycles. The van der Waals surface area contributed by atoms with Gasteiger partial charge in [-0.25, -0.2) is 4.79 Å². The van der Waals surface area contributed by atoms with Crippen LogP contribution in [0.2, 0.25) is 0 Å². The van der Waals surface area contributed by atoms with E-state index in [1.807, 2.05) is 13.0 Å². The first-order chi connectivity index (χ1) is 11.0. The smallest absolute Gasteiger partial charge is 0.407 e. The van der Waals surface area contributed by atoms with Crippen molar-refractivity contribution in [3.05, 3.63) is 29.3 Å². The lowest BCUT2D eigenvalue weighted by Crippen LogP contribution is -2.33. The lowest BCUT2D eigenvalue weighted by atomic mass is 10.1. The Hall–Kier alpha value is -1.60. The van der Waals surface area contributed by atoms with Crippen molar-refractivity contribution in [1.82, 2.24) is 5.32 Å². The Morgan fingerprint density at radius 2 is 2.00 bits per heavy atom. The minimum atomic E-state index is -3.74. The van der Waals surface area contributed by atoms with Crippen molar-refractivity contribution in [3.8, 4) is 0 Å². The van der Waals surface area contributed by atoms with Gasteiger partial charge in [-0.2, -0.15) is 8.42 Å². The monoisotopic (exact) mass is 355 g/mol. The molecule has 2 unspecified atom stereocenters. The zero-order valence-corrected chi connectivity index (χ0v) is 15.6. The number of nitrogens with one attached hydrogen (secondary N) is 1. The highest BCUT2D eigenvalue weighted by molar-refractivity contribution is 7.86. The van der Waals surface area contributed by atoms with Crippen LogP contribution in [0.15, 0.2) is 23.1 Å². The zero-order valence-electron chi connectivity index (χ0n) is 14.8. The van der Waals surface area contributed by atoms with Crippen molar-refractivity contribution in [1.29, 1.82) is 0 Å². The molecule has 0 radical (unpaired) electrons. The quantitative estimate of drug-likeness (QED) is 0.821. The van der Waals surface area contributed by atoms with Gasteiger partial charge in [-0.15, -0.1) is 0 Å². The van der Waals surface area contributed by atoms with Crippen LogP contribution in [0.1, 0.15) is 44.2 Å². The molecule has 0 aliphatic heterocycles. The first-order valence-electron chi connectivity index (χ1n) is 7.91. The molecule has 7 heteroatoms. The molecule has 134 valence electrons. The second kappa shape index (κ2) is 6.72. The Morgan fingerprint density at radius 3 is 2.58 bits per heavy atom. The average Bonchev–Trinajstić information content (AvgIpc) is 3.22. The summed E-state index contributed by atoms with van der Waals surface area (Å²) in [5.74, 6) is 0.296. The number of aryl methyl sites for hydroxylation is 1. The molecule has 24 heavy (non-hydrogen) atoms. The standard InChI is InChI=1S/C17H25NO5S/c1-11-6-7-15(24(20,21)22-5)14(8-11)13-9-12(13)10-18-16(19)23-17(2,3)4/h6-8,12-13H,9-10H2,1-5H3,(H,18,19). The summed E-state index contributed by atoms with van der Waals surface area (Å²) in [7, 11) is -2.58. The molecular formula is C17H25NO5S. The van der Waals surface area contributed by atoms with Gasteiger partial charge < -0.3 is 10.1 Å². The topological polar surface area (TPSA) is 81.7 Å². The van der Waals surface area contributed by atoms with Crippen LogP contribution in [0.4, 0.5) is 4.79 Å². The van der Waals surface area contributed by atoms with Crippen molar-refractivity contribution in [2.24, 2.45) is 5.92 Å². The molecule has 1 aromatic carbocycles. The summed E-state index contributed by atoms with van der Waals surface area (Å²) in [5, 5.41) is 2.75. The van der Waals surface area contributed by atoms with Gasteiger partial charge in [0.05, 0.1) is 12.0 Å². The van der Waals surface area contributed by atoms with E-state index in [0.29, 0.717) is 6.54 Å². The first-order valence-corrected chi connectivity index (χ1v) is 9.32. The van der Waals surface area contributed by atoms with E-state index in [2.05, 4.69) is 9.50 Å². The van der Waals surface area contributed by atoms with Gasteiger partial charge in [0.15, 0.2) is 0 Å². The maximum absolute atomic E-state index is 12.1. The van der Waals surface area contributed by atoms with Gasteiger partial charge in [0.25, 0.3) is 10.1 Å². The maximum Gasteiger partial charge on any atom is 0.407 e. The SMILES string of the molecule is COS(=O)(=O)c1ccc(C)cc1C1CC1CNC(=O)OC(C)(C)C. The number of rotatable bonds is 5. The molecule has 0 spiro atoms. The lowest BCUT2D eigenvalue weighted by Gasteiger charge is -2.19. The predicted molar refractivity (Wildman–Crippen MR) is 90.5 cm³/mol. The van der Waals surface area contributed by atoms with E-state index in [9.17, 15) is 13.2 Å². The third-order valence-electron chi connectivity index (χ3n) is 3.88. The number of carbonyl (C=O) groups is 1. The summed E-state index contributed by atoms with van der Waals surface area (Å²) in [5.41, 5.74) is 1.21. The molecule has 6 nitrogen and oxygen atoms in total. The van der Waals surface area contributed by atoms with E-state index in [1.165, 1.54) is 0 Å². The van der Waals surface area contributed by atoms with Crippen molar-refractivity contribution in [2.45, 2.75) is 50.5 Å². The van der Waals surface area contributed by atoms with E-state index >= 15 is 0 Å². The molecule has 0 saturated heterocycles. The molecule has 0 heterocycles. The second-order valence-corrected chi connectivity index (χ2v) is 8.83. The third-order valence-corrected chi connectivity index (χ3v) is 5.23. The maximum atomic E-state index is 12.1. The Bertz CT molecular complexity index is 721. The molecule has 1 aromatic rings. The zero-order chi connectivity index (χ0) is 18.1. The average molecular weight is 355 g/mol. The van der Waals surface area contributed by atoms with Gasteiger partial charge in [0, 0.05) is 6.54 Å². The lowest BCUT2D eigenvalue weighted by molar-refractivity contribution is 0.0525. The predicted octanol–water partition coefficient (Wildman–Crippen LogP) is 2.96. The van der Waals surface area contributed by atoms with E-state index in [1.54, 1.807) is 32.9 Å². The minimum absolute atomic E-state index is 0.0970. The normalized spacial score (nSPS) is 20.5. The summed E-state index contributed by atoms with van der Waals surface area (Å²) in [6, 6.07) is 5.22. The van der Waals surface area contributed by atoms with Crippen molar-refractivity contribution >= 4 is 16.2 Å². The van der Waals surface area contributed by atoms with Crippen LogP contribution in [0.25, 0.3) is 0 Å². The summed E-state index contributed by atoms with van der Waals surface area (Å²) >= 11 is 0. The summed E-state index contributed by atoms with van der Waals surface area (Å²) in [4.78, 5) is 11.9. The van der Waals surface area contributed by atoms with Gasteiger partial charge in [-0.3, -0.25) is 4.18 Å². The summed E-state index contributed by atoms with van der Waals surface area (Å²) in [6.45, 7) is 7.80. The van der Waals surface area contributed by atoms with Crippen molar-refractivity contribution < 1.29 is 22.1 Å². The molecule has 0 aromatic heterocycles. The number of carbonyl (C=O) groups excluding carboxylic acids is 1. The van der Waals surface area contributed by atoms with Crippen LogP contribution in [0.5, 0.6) is 0 Å². The van der Waals surface area contributed by atoms with Crippen molar-refractivity contribution in [2.75, 3.05) is 13.7 Å². The molecule has 2 atom stereocenters. The molecule has 1 fully saturated rings. The van der Waals surface area contributed by atoms with Crippen LogP contribution < -0.4 is 5.32 Å². The highest BCUT2D eigenvalue weighted by atomic mass is 32.2. The molecule has 1 aliphatic rings. The van der Waals surface area contributed by atoms with E-state index < -0.39 is 21.8 Å². The number of ether oxygens (including phenoxy) is 1. The fourth-order valence-electron chi connectivity index (χ4n) is 2.66. The number of hydrogen-bond donors (Lipinski definition) is 1. The number of alkyl carbamates (subject to hydrolysis) is 1. The van der Waals surface area contributed by atoms with Crippen LogP contribution in [0.3, 0.4) is 0 Å². The van der Waals surface area contributed by atoms with Crippen LogP contribution >= 0.6 is 0 Å². The highest BCUT2D eigenvalue weighted by Gasteiger charge is 2.41. The van der Waals surface area contributed by atoms with Gasteiger partial charge in [-0.05, 0) is 57.6 Å². The van der Waals surface area contributed by atoms with Gasteiger partial charge in [0.1, 0.15) is 5.60 Å². The summed E-state index contributed by atoms with van der Waals surface area (Å²) < 4.78 is 34.0. The Labute approximate surface area is 143 Å². The largest absolute Gasteiger partial charge is 0.444 e. The Balaban J connectivity index is 2.05. The Kier molecular flexibility index (Phi) is 5.25. The molecule has 0 bridgehead atoms. The van der Waals surface area contributed by atoms with E-state index in [-0.39, 0.29) is 16.7 Å². The molecule has 1 amide bonds. The Morgan fingerprint density at radius 1 is 1.33 bits per heavy atom. The summed E-state index contributed by atoms with van der Waals surface area (Å²) in [6.07, 6.45) is 0.369. The third kappa shape index (κ3) is 4.70. The first kappa shape index (κ1) is 18.7. The second-order valence-electron chi connectivity index (χ2n) is 7.15. The molecule has 2 rings (SSSR count). The van der Waals surface area contributed by atoms with E-state index in [4.69, 9.17) is 4.74 Å². The van der Waals surface area contributed by atoms with Gasteiger partial charge in [0.2, 0.25) is 0 Å². The van der Waals surface area contributed by atoms with Crippen molar-refractivity contribution in [3.63, 3.8) is 0 Å². The van der Waals surface area contributed by atoms with Crippen LogP contribution in [-0.4, -0.2) is 33.8 Å². The van der Waals surface area contributed by atoms with Gasteiger partial charge >= 0.3 is 6.09 Å². The molecular weight excluding hydrogens is 330 g/mol. The molecule has 1 aliphatic carbocycles. The fraction of sp³-hybridized carbons (Fsp3) is 0.588. The van der Waals surface area contributed by atoms with Gasteiger partial charge in [-0.1, -0.05) is 17.7 Å². The molecule has 1 N–H and O–H groups in total. The number of amides is 1. The highest BCUT2D eigenvalue weighted by Crippen LogP contribution is 2.49.